The summed E-state index contributed by atoms with van der Waals surface area (Å²) >= 11 is 0. The number of nitrogens with zero attached hydrogens (tertiary/aromatic N) is 3. The van der Waals surface area contributed by atoms with Crippen LogP contribution in [0, 0.1) is 6.92 Å². The van der Waals surface area contributed by atoms with Crippen molar-refractivity contribution in [2.24, 2.45) is 0 Å². The van der Waals surface area contributed by atoms with E-state index in [1.165, 1.54) is 6.20 Å². The normalized spacial score (nSPS) is 23.4. The van der Waals surface area contributed by atoms with Crippen molar-refractivity contribution in [3.63, 3.8) is 0 Å². The molecule has 0 radical (unpaired) electrons. The molecule has 0 amide bonds. The van der Waals surface area contributed by atoms with Crippen molar-refractivity contribution >= 4 is 10.0 Å². The van der Waals surface area contributed by atoms with Gasteiger partial charge in [-0.3, -0.25) is 0 Å². The highest BCUT2D eigenvalue weighted by Gasteiger charge is 2.32. The predicted molar refractivity (Wildman–Crippen MR) is 68.8 cm³/mol. The fourth-order valence-corrected chi connectivity index (χ4v) is 3.68. The summed E-state index contributed by atoms with van der Waals surface area (Å²) in [5.74, 6) is 0.620. The average Bonchev–Trinajstić information content (AvgIpc) is 2.77. The van der Waals surface area contributed by atoms with E-state index in [1.54, 1.807) is 11.2 Å². The Morgan fingerprint density at radius 2 is 2.22 bits per heavy atom. The standard InChI is InChI=1S/C11H20N4O2S/c1-4-10-8-15(6-5-14(10)3)18(16,17)11-7-12-9(2)13-11/h7,10H,4-6,8H2,1-3H3,(H,12,13). The third-order valence-corrected chi connectivity index (χ3v) is 5.28. The van der Waals surface area contributed by atoms with Gasteiger partial charge >= 0.3 is 0 Å². The van der Waals surface area contributed by atoms with Gasteiger partial charge in [-0.15, -0.1) is 0 Å². The predicted octanol–water partition coefficient (Wildman–Crippen LogP) is 0.433. The molecule has 1 unspecified atom stereocenters. The molecule has 1 N–H and O–H groups in total. The molecule has 1 aliphatic heterocycles. The van der Waals surface area contributed by atoms with Crippen LogP contribution in [-0.2, 0) is 10.0 Å². The van der Waals surface area contributed by atoms with Crippen LogP contribution in [-0.4, -0.2) is 60.3 Å². The highest BCUT2D eigenvalue weighted by Crippen LogP contribution is 2.19. The van der Waals surface area contributed by atoms with Gasteiger partial charge in [0.15, 0.2) is 5.03 Å². The van der Waals surface area contributed by atoms with Crippen LogP contribution in [0.2, 0.25) is 0 Å². The molecule has 1 aromatic heterocycles. The number of imidazole rings is 1. The molecule has 1 aliphatic rings. The minimum Gasteiger partial charge on any atom is -0.332 e. The van der Waals surface area contributed by atoms with Crippen LogP contribution in [0.15, 0.2) is 11.2 Å². The molecule has 2 rings (SSSR count). The van der Waals surface area contributed by atoms with Gasteiger partial charge in [-0.1, -0.05) is 6.92 Å². The number of likely N-dealkylation sites (N-methyl/N-ethyl adjacent to an activating group) is 1. The van der Waals surface area contributed by atoms with Gasteiger partial charge in [0.1, 0.15) is 5.82 Å². The fourth-order valence-electron chi connectivity index (χ4n) is 2.25. The first-order valence-electron chi connectivity index (χ1n) is 6.17. The molecule has 18 heavy (non-hydrogen) atoms. The molecule has 6 nitrogen and oxygen atoms in total. The van der Waals surface area contributed by atoms with Crippen LogP contribution in [0.1, 0.15) is 19.2 Å². The SMILES string of the molecule is CCC1CN(S(=O)(=O)c2cnc(C)[nH]2)CCN1C. The smallest absolute Gasteiger partial charge is 0.260 e. The van der Waals surface area contributed by atoms with Crippen LogP contribution in [0.4, 0.5) is 0 Å². The molecule has 0 spiro atoms. The number of aromatic nitrogens is 2. The van der Waals surface area contributed by atoms with Gasteiger partial charge < -0.3 is 9.88 Å². The van der Waals surface area contributed by atoms with E-state index in [2.05, 4.69) is 21.8 Å². The Morgan fingerprint density at radius 3 is 2.78 bits per heavy atom. The number of rotatable bonds is 3. The van der Waals surface area contributed by atoms with E-state index in [4.69, 9.17) is 0 Å². The zero-order valence-electron chi connectivity index (χ0n) is 11.0. The number of hydrogen-bond donors (Lipinski definition) is 1. The lowest BCUT2D eigenvalue weighted by atomic mass is 10.1. The molecule has 0 saturated carbocycles. The fraction of sp³-hybridized carbons (Fsp3) is 0.727. The van der Waals surface area contributed by atoms with E-state index in [0.29, 0.717) is 18.9 Å². The lowest BCUT2D eigenvalue weighted by Gasteiger charge is -2.37. The molecule has 0 aliphatic carbocycles. The van der Waals surface area contributed by atoms with Crippen LogP contribution in [0.5, 0.6) is 0 Å². The van der Waals surface area contributed by atoms with Crippen molar-refractivity contribution in [3.05, 3.63) is 12.0 Å². The van der Waals surface area contributed by atoms with E-state index in [1.807, 2.05) is 7.05 Å². The minimum absolute atomic E-state index is 0.194. The second-order valence-electron chi connectivity index (χ2n) is 4.74. The summed E-state index contributed by atoms with van der Waals surface area (Å²) in [5, 5.41) is 0.194. The van der Waals surface area contributed by atoms with Crippen LogP contribution in [0.25, 0.3) is 0 Å². The molecule has 0 aromatic carbocycles. The Bertz CT molecular complexity index is 511. The second-order valence-corrected chi connectivity index (χ2v) is 6.64. The van der Waals surface area contributed by atoms with E-state index < -0.39 is 10.0 Å². The number of aryl methyl sites for hydroxylation is 1. The largest absolute Gasteiger partial charge is 0.332 e. The van der Waals surface area contributed by atoms with Crippen molar-refractivity contribution in [2.75, 3.05) is 26.7 Å². The van der Waals surface area contributed by atoms with Crippen molar-refractivity contribution in [3.8, 4) is 0 Å². The van der Waals surface area contributed by atoms with Gasteiger partial charge in [-0.05, 0) is 20.4 Å². The van der Waals surface area contributed by atoms with Gasteiger partial charge in [-0.2, -0.15) is 4.31 Å². The van der Waals surface area contributed by atoms with Gasteiger partial charge in [0.05, 0.1) is 6.20 Å². The first kappa shape index (κ1) is 13.5. The molecular weight excluding hydrogens is 252 g/mol. The Kier molecular flexibility index (Phi) is 3.74. The molecule has 1 aromatic rings. The number of H-pyrrole nitrogens is 1. The number of hydrogen-bond acceptors (Lipinski definition) is 4. The third kappa shape index (κ3) is 2.43. The van der Waals surface area contributed by atoms with Crippen molar-refractivity contribution in [1.29, 1.82) is 0 Å². The van der Waals surface area contributed by atoms with Gasteiger partial charge in [0.25, 0.3) is 10.0 Å². The lowest BCUT2D eigenvalue weighted by molar-refractivity contribution is 0.144. The maximum absolute atomic E-state index is 12.4. The maximum atomic E-state index is 12.4. The number of piperazine rings is 1. The van der Waals surface area contributed by atoms with Gasteiger partial charge in [0, 0.05) is 25.7 Å². The summed E-state index contributed by atoms with van der Waals surface area (Å²) < 4.78 is 26.4. The Morgan fingerprint density at radius 1 is 1.50 bits per heavy atom. The average molecular weight is 272 g/mol. The van der Waals surface area contributed by atoms with Crippen LogP contribution in [0.3, 0.4) is 0 Å². The second kappa shape index (κ2) is 4.99. The Labute approximate surface area is 108 Å². The van der Waals surface area contributed by atoms with Crippen molar-refractivity contribution < 1.29 is 8.42 Å². The summed E-state index contributed by atoms with van der Waals surface area (Å²) in [6.07, 6.45) is 2.34. The minimum atomic E-state index is -3.42. The molecule has 1 atom stereocenters. The van der Waals surface area contributed by atoms with E-state index in [0.717, 1.165) is 13.0 Å². The number of sulfonamides is 1. The van der Waals surface area contributed by atoms with Crippen molar-refractivity contribution in [2.45, 2.75) is 31.3 Å². The quantitative estimate of drug-likeness (QED) is 0.866. The third-order valence-electron chi connectivity index (χ3n) is 3.51. The molecule has 2 heterocycles. The van der Waals surface area contributed by atoms with Crippen LogP contribution < -0.4 is 0 Å². The summed E-state index contributed by atoms with van der Waals surface area (Å²) in [7, 11) is -1.38. The van der Waals surface area contributed by atoms with Crippen LogP contribution >= 0.6 is 0 Å². The Hall–Kier alpha value is -0.920. The zero-order valence-corrected chi connectivity index (χ0v) is 11.9. The van der Waals surface area contributed by atoms with E-state index in [-0.39, 0.29) is 11.1 Å². The van der Waals surface area contributed by atoms with Gasteiger partial charge in [-0.25, -0.2) is 13.4 Å². The molecular formula is C11H20N4O2S. The summed E-state index contributed by atoms with van der Waals surface area (Å²) in [6.45, 7) is 5.68. The summed E-state index contributed by atoms with van der Waals surface area (Å²) in [4.78, 5) is 8.98. The number of nitrogens with one attached hydrogen (secondary N) is 1. The molecule has 1 saturated heterocycles. The van der Waals surface area contributed by atoms with E-state index in [9.17, 15) is 8.42 Å². The topological polar surface area (TPSA) is 69.3 Å². The summed E-state index contributed by atoms with van der Waals surface area (Å²) in [5.41, 5.74) is 0. The number of aromatic amines is 1. The molecule has 0 bridgehead atoms. The molecule has 102 valence electrons. The molecule has 1 fully saturated rings. The zero-order chi connectivity index (χ0) is 13.3. The molecule has 7 heteroatoms. The van der Waals surface area contributed by atoms with Crippen molar-refractivity contribution in [1.82, 2.24) is 19.2 Å². The van der Waals surface area contributed by atoms with E-state index >= 15 is 0 Å². The first-order chi connectivity index (χ1) is 8.45. The van der Waals surface area contributed by atoms with Gasteiger partial charge in [0.2, 0.25) is 0 Å². The lowest BCUT2D eigenvalue weighted by Crippen LogP contribution is -2.52. The highest BCUT2D eigenvalue weighted by atomic mass is 32.2. The Balaban J connectivity index is 2.21. The monoisotopic (exact) mass is 272 g/mol. The highest BCUT2D eigenvalue weighted by molar-refractivity contribution is 7.89. The maximum Gasteiger partial charge on any atom is 0.260 e. The summed E-state index contributed by atoms with van der Waals surface area (Å²) in [6, 6.07) is 0.289. The first-order valence-corrected chi connectivity index (χ1v) is 7.61.